The molecule has 0 aliphatic carbocycles. The van der Waals surface area contributed by atoms with Crippen LogP contribution in [-0.4, -0.2) is 30.9 Å². The van der Waals surface area contributed by atoms with Crippen molar-refractivity contribution in [3.8, 4) is 5.75 Å². The first-order chi connectivity index (χ1) is 7.83. The number of hydrogen-bond acceptors (Lipinski definition) is 3. The molecule has 3 rings (SSSR count). The van der Waals surface area contributed by atoms with Gasteiger partial charge in [0.15, 0.2) is 0 Å². The predicted molar refractivity (Wildman–Crippen MR) is 63.1 cm³/mol. The maximum atomic E-state index is 9.48. The van der Waals surface area contributed by atoms with Crippen LogP contribution in [0.5, 0.6) is 5.75 Å². The first-order valence-corrected chi connectivity index (χ1v) is 6.02. The van der Waals surface area contributed by atoms with E-state index < -0.39 is 0 Å². The van der Waals surface area contributed by atoms with Crippen LogP contribution in [0.2, 0.25) is 0 Å². The number of aliphatic hydroxyl groups is 1. The van der Waals surface area contributed by atoms with Gasteiger partial charge in [0.2, 0.25) is 0 Å². The molecule has 1 aromatic carbocycles. The van der Waals surface area contributed by atoms with Crippen molar-refractivity contribution in [2.75, 3.05) is 24.6 Å². The molecular formula is C13H17NO2. The number of aliphatic hydroxyl groups excluding tert-OH is 1. The second kappa shape index (κ2) is 3.98. The van der Waals surface area contributed by atoms with Crippen molar-refractivity contribution >= 4 is 5.69 Å². The summed E-state index contributed by atoms with van der Waals surface area (Å²) in [5.74, 6) is 1.04. The van der Waals surface area contributed by atoms with Crippen LogP contribution < -0.4 is 9.64 Å². The Kier molecular flexibility index (Phi) is 2.48. The Labute approximate surface area is 95.6 Å². The fourth-order valence-electron chi connectivity index (χ4n) is 2.49. The van der Waals surface area contributed by atoms with Crippen molar-refractivity contribution in [3.63, 3.8) is 0 Å². The third-order valence-electron chi connectivity index (χ3n) is 3.50. The van der Waals surface area contributed by atoms with E-state index >= 15 is 0 Å². The molecule has 0 bridgehead atoms. The maximum absolute atomic E-state index is 9.48. The van der Waals surface area contributed by atoms with Gasteiger partial charge in [-0.05, 0) is 36.6 Å². The number of anilines is 1. The normalized spacial score (nSPS) is 20.7. The minimum Gasteiger partial charge on any atom is -0.493 e. The first-order valence-electron chi connectivity index (χ1n) is 6.02. The van der Waals surface area contributed by atoms with Crippen LogP contribution >= 0.6 is 0 Å². The smallest absolute Gasteiger partial charge is 0.122 e. The van der Waals surface area contributed by atoms with E-state index in [1.807, 2.05) is 0 Å². The highest BCUT2D eigenvalue weighted by molar-refractivity contribution is 5.54. The van der Waals surface area contributed by atoms with Crippen molar-refractivity contribution in [2.24, 2.45) is 0 Å². The van der Waals surface area contributed by atoms with E-state index in [1.54, 1.807) is 0 Å². The minimum absolute atomic E-state index is 0.103. The molecule has 1 N–H and O–H groups in total. The molecular weight excluding hydrogens is 202 g/mol. The lowest BCUT2D eigenvalue weighted by Gasteiger charge is -2.31. The van der Waals surface area contributed by atoms with Gasteiger partial charge in [0.1, 0.15) is 5.75 Å². The van der Waals surface area contributed by atoms with Crippen LogP contribution in [0.4, 0.5) is 5.69 Å². The zero-order valence-corrected chi connectivity index (χ0v) is 9.35. The van der Waals surface area contributed by atoms with Gasteiger partial charge in [-0.15, -0.1) is 0 Å². The van der Waals surface area contributed by atoms with Crippen LogP contribution in [0.3, 0.4) is 0 Å². The lowest BCUT2D eigenvalue weighted by atomic mass is 10.1. The fraction of sp³-hybridized carbons (Fsp3) is 0.538. The Balaban J connectivity index is 1.79. The molecule has 0 saturated carbocycles. The molecule has 86 valence electrons. The second-order valence-corrected chi connectivity index (χ2v) is 4.61. The van der Waals surface area contributed by atoms with Gasteiger partial charge in [-0.3, -0.25) is 0 Å². The van der Waals surface area contributed by atoms with E-state index in [9.17, 15) is 5.11 Å². The highest BCUT2D eigenvalue weighted by Crippen LogP contribution is 2.30. The number of benzene rings is 1. The van der Waals surface area contributed by atoms with Gasteiger partial charge in [0.25, 0.3) is 0 Å². The number of nitrogens with zero attached hydrogens (tertiary/aromatic N) is 1. The topological polar surface area (TPSA) is 32.7 Å². The van der Waals surface area contributed by atoms with Gasteiger partial charge in [-0.2, -0.15) is 0 Å². The first kappa shape index (κ1) is 9.97. The lowest BCUT2D eigenvalue weighted by Crippen LogP contribution is -2.35. The highest BCUT2D eigenvalue weighted by Gasteiger charge is 2.19. The Bertz CT molecular complexity index is 384. The van der Waals surface area contributed by atoms with E-state index in [0.717, 1.165) is 44.7 Å². The van der Waals surface area contributed by atoms with Crippen molar-refractivity contribution < 1.29 is 9.84 Å². The van der Waals surface area contributed by atoms with Crippen LogP contribution in [0.25, 0.3) is 0 Å². The van der Waals surface area contributed by atoms with Crippen molar-refractivity contribution in [2.45, 2.75) is 25.4 Å². The Morgan fingerprint density at radius 3 is 2.88 bits per heavy atom. The number of ether oxygens (including phenoxy) is 1. The van der Waals surface area contributed by atoms with Gasteiger partial charge >= 0.3 is 0 Å². The van der Waals surface area contributed by atoms with Crippen molar-refractivity contribution in [1.29, 1.82) is 0 Å². The van der Waals surface area contributed by atoms with E-state index in [-0.39, 0.29) is 6.10 Å². The van der Waals surface area contributed by atoms with Gasteiger partial charge in [0, 0.05) is 25.2 Å². The van der Waals surface area contributed by atoms with Crippen LogP contribution in [0.1, 0.15) is 18.4 Å². The Hall–Kier alpha value is -1.22. The quantitative estimate of drug-likeness (QED) is 0.778. The summed E-state index contributed by atoms with van der Waals surface area (Å²) in [5.41, 5.74) is 2.60. The van der Waals surface area contributed by atoms with Crippen LogP contribution in [-0.2, 0) is 6.42 Å². The number of hydrogen-bond donors (Lipinski definition) is 1. The minimum atomic E-state index is -0.103. The molecule has 2 aliphatic rings. The molecule has 0 spiro atoms. The summed E-state index contributed by atoms with van der Waals surface area (Å²) in [7, 11) is 0. The summed E-state index contributed by atoms with van der Waals surface area (Å²) in [6.07, 6.45) is 2.69. The standard InChI is InChI=1S/C13H17NO2/c15-12-3-6-14(7-4-12)11-1-2-13-10(9-11)5-8-16-13/h1-2,9,12,15H,3-8H2. The molecule has 0 unspecified atom stereocenters. The summed E-state index contributed by atoms with van der Waals surface area (Å²) in [4.78, 5) is 2.35. The molecule has 0 aromatic heterocycles. The molecule has 2 heterocycles. The summed E-state index contributed by atoms with van der Waals surface area (Å²) in [5, 5.41) is 9.48. The molecule has 3 heteroatoms. The fourth-order valence-corrected chi connectivity index (χ4v) is 2.49. The molecule has 16 heavy (non-hydrogen) atoms. The van der Waals surface area contributed by atoms with Crippen LogP contribution in [0.15, 0.2) is 18.2 Å². The zero-order valence-electron chi connectivity index (χ0n) is 9.35. The molecule has 3 nitrogen and oxygen atoms in total. The van der Waals surface area contributed by atoms with Gasteiger partial charge in [0.05, 0.1) is 12.7 Å². The predicted octanol–water partition coefficient (Wildman–Crippen LogP) is 1.58. The van der Waals surface area contributed by atoms with Gasteiger partial charge < -0.3 is 14.7 Å². The monoisotopic (exact) mass is 219 g/mol. The summed E-state index contributed by atoms with van der Waals surface area (Å²) < 4.78 is 5.50. The lowest BCUT2D eigenvalue weighted by molar-refractivity contribution is 0.145. The molecule has 1 aromatic rings. The highest BCUT2D eigenvalue weighted by atomic mass is 16.5. The summed E-state index contributed by atoms with van der Waals surface area (Å²) in [6.45, 7) is 2.74. The summed E-state index contributed by atoms with van der Waals surface area (Å²) >= 11 is 0. The van der Waals surface area contributed by atoms with Gasteiger partial charge in [-0.1, -0.05) is 0 Å². The third kappa shape index (κ3) is 1.76. The van der Waals surface area contributed by atoms with Crippen molar-refractivity contribution in [3.05, 3.63) is 23.8 Å². The maximum Gasteiger partial charge on any atom is 0.122 e. The molecule has 0 amide bonds. The molecule has 0 atom stereocenters. The Morgan fingerprint density at radius 2 is 2.06 bits per heavy atom. The van der Waals surface area contributed by atoms with E-state index in [1.165, 1.54) is 11.3 Å². The largest absolute Gasteiger partial charge is 0.493 e. The third-order valence-corrected chi connectivity index (χ3v) is 3.50. The Morgan fingerprint density at radius 1 is 1.25 bits per heavy atom. The molecule has 1 saturated heterocycles. The van der Waals surface area contributed by atoms with E-state index in [4.69, 9.17) is 4.74 Å². The molecule has 1 fully saturated rings. The number of piperidine rings is 1. The zero-order chi connectivity index (χ0) is 11.0. The number of rotatable bonds is 1. The number of fused-ring (bicyclic) bond motifs is 1. The van der Waals surface area contributed by atoms with E-state index in [2.05, 4.69) is 23.1 Å². The van der Waals surface area contributed by atoms with Gasteiger partial charge in [-0.25, -0.2) is 0 Å². The second-order valence-electron chi connectivity index (χ2n) is 4.61. The van der Waals surface area contributed by atoms with Crippen LogP contribution in [0, 0.1) is 0 Å². The summed E-state index contributed by atoms with van der Waals surface area (Å²) in [6, 6.07) is 6.44. The van der Waals surface area contributed by atoms with E-state index in [0.29, 0.717) is 0 Å². The molecule has 0 radical (unpaired) electrons. The average molecular weight is 219 g/mol. The van der Waals surface area contributed by atoms with Crippen molar-refractivity contribution in [1.82, 2.24) is 0 Å². The molecule has 2 aliphatic heterocycles. The average Bonchev–Trinajstić information content (AvgIpc) is 2.77. The SMILES string of the molecule is OC1CCN(c2ccc3c(c2)CCO3)CC1.